The topological polar surface area (TPSA) is 155 Å². The van der Waals surface area contributed by atoms with Crippen LogP contribution in [0.5, 0.6) is 0 Å². The molecule has 0 saturated carbocycles. The minimum Gasteiger partial charge on any atom is -0.432 e. The Balaban J connectivity index is 2.83. The molecule has 1 heterocycles. The quantitative estimate of drug-likeness (QED) is 0.239. The number of aliphatic hydroxyl groups is 1. The lowest BCUT2D eigenvalue weighted by Gasteiger charge is -2.37. The van der Waals surface area contributed by atoms with E-state index in [1.807, 2.05) is 0 Å². The molecule has 0 amide bonds. The van der Waals surface area contributed by atoms with Crippen molar-refractivity contribution >= 4 is 30.2 Å². The summed E-state index contributed by atoms with van der Waals surface area (Å²) in [5, 5.41) is 10.3. The highest BCUT2D eigenvalue weighted by Gasteiger charge is 2.47. The van der Waals surface area contributed by atoms with Crippen LogP contribution in [0.15, 0.2) is 0 Å². The van der Waals surface area contributed by atoms with Crippen molar-refractivity contribution < 1.29 is 62.1 Å². The second kappa shape index (κ2) is 15.8. The minimum absolute atomic E-state index is 0.0230. The van der Waals surface area contributed by atoms with Gasteiger partial charge in [-0.15, -0.1) is 11.8 Å². The summed E-state index contributed by atoms with van der Waals surface area (Å²) in [6.45, 7) is 0.139. The molecular formula is C17H28O13S. The van der Waals surface area contributed by atoms with Crippen molar-refractivity contribution in [1.82, 2.24) is 0 Å². The first kappa shape index (κ1) is 27.0. The highest BCUT2D eigenvalue weighted by atomic mass is 32.2. The number of carbonyl (C=O) groups excluding carboxylic acids is 3. The Bertz CT molecular complexity index is 546. The van der Waals surface area contributed by atoms with Crippen LogP contribution in [-0.2, 0) is 42.6 Å². The number of hydrogen-bond donors (Lipinski definition) is 1. The van der Waals surface area contributed by atoms with E-state index in [-0.39, 0.29) is 45.4 Å². The van der Waals surface area contributed by atoms with Crippen molar-refractivity contribution in [2.24, 2.45) is 0 Å². The van der Waals surface area contributed by atoms with Crippen LogP contribution in [0.4, 0.5) is 14.4 Å². The third-order valence-corrected chi connectivity index (χ3v) is 4.77. The molecule has 1 aliphatic rings. The van der Waals surface area contributed by atoms with E-state index in [4.69, 9.17) is 42.6 Å². The maximum absolute atomic E-state index is 12.0. The molecule has 14 heteroatoms. The summed E-state index contributed by atoms with van der Waals surface area (Å²) in [6, 6.07) is 0. The van der Waals surface area contributed by atoms with E-state index in [1.54, 1.807) is 0 Å². The molecule has 0 aromatic rings. The van der Waals surface area contributed by atoms with Crippen LogP contribution in [0, 0.1) is 0 Å². The molecule has 1 N–H and O–H groups in total. The largest absolute Gasteiger partial charge is 0.508 e. The summed E-state index contributed by atoms with van der Waals surface area (Å²) in [7, 11) is 4.27. The van der Waals surface area contributed by atoms with Gasteiger partial charge < -0.3 is 47.7 Å². The van der Waals surface area contributed by atoms with Crippen LogP contribution in [-0.4, -0.2) is 114 Å². The van der Waals surface area contributed by atoms with Crippen molar-refractivity contribution in [3.05, 3.63) is 0 Å². The van der Waals surface area contributed by atoms with Gasteiger partial charge in [0.2, 0.25) is 0 Å². The molecule has 31 heavy (non-hydrogen) atoms. The fourth-order valence-corrected chi connectivity index (χ4v) is 3.24. The van der Waals surface area contributed by atoms with Crippen molar-refractivity contribution in [2.45, 2.75) is 23.7 Å². The second-order valence-corrected chi connectivity index (χ2v) is 6.97. The standard InChI is InChI=1S/C17H28O13S/c1-22-4-7-25-15(19)28-11-10-31-14(18)13(30-17(21)27-9-6-24-3)12(11)29-16(20)26-8-5-23-2/h11-14,18H,4-10H2,1-3H3/t11-,12+,13-,14-/m1/s1. The number of methoxy groups -OCH3 is 3. The number of ether oxygens (including phenoxy) is 9. The molecule has 1 rings (SSSR count). The van der Waals surface area contributed by atoms with Gasteiger partial charge in [-0.05, 0) is 0 Å². The molecule has 0 aromatic heterocycles. The van der Waals surface area contributed by atoms with Crippen LogP contribution >= 0.6 is 11.8 Å². The summed E-state index contributed by atoms with van der Waals surface area (Å²) in [5.74, 6) is 0.0230. The van der Waals surface area contributed by atoms with E-state index < -0.39 is 42.2 Å². The van der Waals surface area contributed by atoms with Gasteiger partial charge in [0.05, 0.1) is 19.8 Å². The maximum atomic E-state index is 12.0. The maximum Gasteiger partial charge on any atom is 0.508 e. The molecule has 0 unspecified atom stereocenters. The molecular weight excluding hydrogens is 444 g/mol. The van der Waals surface area contributed by atoms with Crippen LogP contribution in [0.3, 0.4) is 0 Å². The molecule has 0 bridgehead atoms. The van der Waals surface area contributed by atoms with Crippen LogP contribution in [0.1, 0.15) is 0 Å². The smallest absolute Gasteiger partial charge is 0.432 e. The van der Waals surface area contributed by atoms with Crippen LogP contribution < -0.4 is 0 Å². The number of thioether (sulfide) groups is 1. The third kappa shape index (κ3) is 10.7. The summed E-state index contributed by atoms with van der Waals surface area (Å²) in [4.78, 5) is 35.8. The molecule has 0 radical (unpaired) electrons. The fraction of sp³-hybridized carbons (Fsp3) is 0.824. The van der Waals surface area contributed by atoms with Crippen molar-refractivity contribution in [1.29, 1.82) is 0 Å². The first-order chi connectivity index (χ1) is 14.9. The van der Waals surface area contributed by atoms with Gasteiger partial charge in [-0.25, -0.2) is 14.4 Å². The lowest BCUT2D eigenvalue weighted by Crippen LogP contribution is -2.54. The summed E-state index contributed by atoms with van der Waals surface area (Å²) in [6.07, 6.45) is -7.25. The molecule has 1 aliphatic heterocycles. The van der Waals surface area contributed by atoms with E-state index in [1.165, 1.54) is 21.3 Å². The van der Waals surface area contributed by atoms with E-state index in [0.29, 0.717) is 0 Å². The predicted octanol–water partition coefficient (Wildman–Crippen LogP) is 0.556. The van der Waals surface area contributed by atoms with E-state index in [0.717, 1.165) is 11.8 Å². The summed E-state index contributed by atoms with van der Waals surface area (Å²) < 4.78 is 44.2. The van der Waals surface area contributed by atoms with Gasteiger partial charge in [-0.1, -0.05) is 0 Å². The normalized spacial score (nSPS) is 22.8. The minimum atomic E-state index is -1.42. The molecule has 1 fully saturated rings. The summed E-state index contributed by atoms with van der Waals surface area (Å²) >= 11 is 0.916. The lowest BCUT2D eigenvalue weighted by atomic mass is 10.1. The zero-order chi connectivity index (χ0) is 23.1. The highest BCUT2D eigenvalue weighted by Crippen LogP contribution is 2.31. The van der Waals surface area contributed by atoms with E-state index in [2.05, 4.69) is 0 Å². The van der Waals surface area contributed by atoms with E-state index >= 15 is 0 Å². The first-order valence-electron chi connectivity index (χ1n) is 9.19. The van der Waals surface area contributed by atoms with Gasteiger partial charge in [-0.3, -0.25) is 0 Å². The Morgan fingerprint density at radius 3 is 1.58 bits per heavy atom. The van der Waals surface area contributed by atoms with Crippen LogP contribution in [0.25, 0.3) is 0 Å². The number of aliphatic hydroxyl groups excluding tert-OH is 1. The Morgan fingerprint density at radius 2 is 1.13 bits per heavy atom. The molecule has 0 aliphatic carbocycles. The van der Waals surface area contributed by atoms with Crippen molar-refractivity contribution in [3.63, 3.8) is 0 Å². The summed E-state index contributed by atoms with van der Waals surface area (Å²) in [5.41, 5.74) is -1.30. The molecule has 0 aromatic carbocycles. The number of rotatable bonds is 12. The Kier molecular flexibility index (Phi) is 13.7. The predicted molar refractivity (Wildman–Crippen MR) is 103 cm³/mol. The molecule has 13 nitrogen and oxygen atoms in total. The first-order valence-corrected chi connectivity index (χ1v) is 10.2. The van der Waals surface area contributed by atoms with Gasteiger partial charge in [0.15, 0.2) is 18.3 Å². The lowest BCUT2D eigenvalue weighted by molar-refractivity contribution is -0.125. The second-order valence-electron chi connectivity index (χ2n) is 5.82. The average Bonchev–Trinajstić information content (AvgIpc) is 2.73. The Hall–Kier alpha value is -2.00. The van der Waals surface area contributed by atoms with Gasteiger partial charge in [0.25, 0.3) is 0 Å². The van der Waals surface area contributed by atoms with Gasteiger partial charge in [0.1, 0.15) is 25.3 Å². The molecule has 0 spiro atoms. The monoisotopic (exact) mass is 472 g/mol. The van der Waals surface area contributed by atoms with Crippen molar-refractivity contribution in [3.8, 4) is 0 Å². The fourth-order valence-electron chi connectivity index (χ4n) is 2.20. The highest BCUT2D eigenvalue weighted by molar-refractivity contribution is 7.99. The van der Waals surface area contributed by atoms with E-state index in [9.17, 15) is 19.5 Å². The van der Waals surface area contributed by atoms with Gasteiger partial charge in [-0.2, -0.15) is 0 Å². The van der Waals surface area contributed by atoms with Crippen molar-refractivity contribution in [2.75, 3.05) is 66.7 Å². The zero-order valence-corrected chi connectivity index (χ0v) is 18.3. The zero-order valence-electron chi connectivity index (χ0n) is 17.5. The number of hydrogen-bond acceptors (Lipinski definition) is 14. The molecule has 1 saturated heterocycles. The van der Waals surface area contributed by atoms with Gasteiger partial charge in [0, 0.05) is 27.1 Å². The third-order valence-electron chi connectivity index (χ3n) is 3.64. The average molecular weight is 472 g/mol. The number of carbonyl (C=O) groups is 3. The van der Waals surface area contributed by atoms with Gasteiger partial charge >= 0.3 is 18.5 Å². The van der Waals surface area contributed by atoms with Crippen LogP contribution in [0.2, 0.25) is 0 Å². The molecule has 180 valence electrons. The Morgan fingerprint density at radius 1 is 0.710 bits per heavy atom. The SMILES string of the molecule is COCCOC(=O)O[C@@H]1[C@@H](OC(=O)OCCOC)[C@H](OC(=O)OCCOC)CS[C@H]1O. The molecule has 4 atom stereocenters. The Labute approximate surface area is 183 Å².